The average molecular weight is 164 g/mol. The van der Waals surface area contributed by atoms with Crippen molar-refractivity contribution >= 4 is 6.34 Å². The van der Waals surface area contributed by atoms with E-state index in [1.807, 2.05) is 6.07 Å². The molecule has 0 atom stereocenters. The molecule has 2 N–H and O–H groups in total. The van der Waals surface area contributed by atoms with Gasteiger partial charge in [0, 0.05) is 6.54 Å². The number of phenols is 1. The highest BCUT2D eigenvalue weighted by atomic mass is 16.3. The van der Waals surface area contributed by atoms with Crippen LogP contribution in [0.5, 0.6) is 5.75 Å². The van der Waals surface area contributed by atoms with Gasteiger partial charge in [0.05, 0.1) is 12.9 Å². The molecule has 0 fully saturated rings. The number of nitrogens with zero attached hydrogens (tertiary/aromatic N) is 1. The average Bonchev–Trinajstić information content (AvgIpc) is 2.62. The van der Waals surface area contributed by atoms with E-state index >= 15 is 0 Å². The molecule has 12 heavy (non-hydrogen) atoms. The highest BCUT2D eigenvalue weighted by Crippen LogP contribution is 2.02. The monoisotopic (exact) mass is 164 g/mol. The number of aromatic hydroxyl groups is 1. The minimum Gasteiger partial charge on any atom is -0.508 e. The van der Waals surface area contributed by atoms with Crippen molar-refractivity contribution in [2.24, 2.45) is 4.99 Å². The Bertz CT molecular complexity index is 228. The van der Waals surface area contributed by atoms with Gasteiger partial charge in [-0.05, 0) is 12.1 Å². The molecule has 1 aliphatic heterocycles. The molecular formula is C9H12N2O. The lowest BCUT2D eigenvalue weighted by atomic mass is 10.3. The molecule has 3 nitrogen and oxygen atoms in total. The summed E-state index contributed by atoms with van der Waals surface area (Å²) in [6, 6.07) is 8.71. The molecule has 1 aromatic carbocycles. The molecular weight excluding hydrogens is 152 g/mol. The zero-order valence-corrected chi connectivity index (χ0v) is 6.77. The van der Waals surface area contributed by atoms with E-state index in [-0.39, 0.29) is 0 Å². The van der Waals surface area contributed by atoms with Gasteiger partial charge in [0.15, 0.2) is 0 Å². The summed E-state index contributed by atoms with van der Waals surface area (Å²) in [5.74, 6) is 0.322. The van der Waals surface area contributed by atoms with Crippen LogP contribution in [0, 0.1) is 0 Å². The summed E-state index contributed by atoms with van der Waals surface area (Å²) < 4.78 is 0. The molecule has 3 heteroatoms. The van der Waals surface area contributed by atoms with E-state index in [1.165, 1.54) is 0 Å². The number of hydrogen-bond donors (Lipinski definition) is 2. The van der Waals surface area contributed by atoms with E-state index in [9.17, 15) is 0 Å². The second-order valence-corrected chi connectivity index (χ2v) is 2.32. The lowest BCUT2D eigenvalue weighted by Crippen LogP contribution is -2.04. The maximum absolute atomic E-state index is 8.63. The van der Waals surface area contributed by atoms with Crippen LogP contribution in [-0.2, 0) is 0 Å². The fourth-order valence-corrected chi connectivity index (χ4v) is 0.751. The fourth-order valence-electron chi connectivity index (χ4n) is 0.751. The molecule has 1 aliphatic rings. The predicted molar refractivity (Wildman–Crippen MR) is 49.5 cm³/mol. The van der Waals surface area contributed by atoms with Gasteiger partial charge in [-0.2, -0.15) is 0 Å². The molecule has 0 saturated heterocycles. The molecule has 0 bridgehead atoms. The molecule has 2 rings (SSSR count). The second kappa shape index (κ2) is 5.18. The maximum atomic E-state index is 8.63. The van der Waals surface area contributed by atoms with Gasteiger partial charge in [0.25, 0.3) is 0 Å². The third kappa shape index (κ3) is 3.61. The first-order valence-corrected chi connectivity index (χ1v) is 3.85. The van der Waals surface area contributed by atoms with E-state index in [0.717, 1.165) is 13.1 Å². The Hall–Kier alpha value is -1.51. The summed E-state index contributed by atoms with van der Waals surface area (Å²) in [6.45, 7) is 1.99. The van der Waals surface area contributed by atoms with Gasteiger partial charge < -0.3 is 10.4 Å². The van der Waals surface area contributed by atoms with Gasteiger partial charge in [0.1, 0.15) is 5.75 Å². The van der Waals surface area contributed by atoms with Crippen LogP contribution in [0.3, 0.4) is 0 Å². The lowest BCUT2D eigenvalue weighted by Gasteiger charge is -1.82. The summed E-state index contributed by atoms with van der Waals surface area (Å²) in [7, 11) is 0. The van der Waals surface area contributed by atoms with Crippen molar-refractivity contribution in [1.82, 2.24) is 5.32 Å². The van der Waals surface area contributed by atoms with Crippen LogP contribution < -0.4 is 5.32 Å². The molecule has 1 heterocycles. The normalized spacial score (nSPS) is 13.0. The molecule has 64 valence electrons. The van der Waals surface area contributed by atoms with Crippen molar-refractivity contribution < 1.29 is 5.11 Å². The Kier molecular flexibility index (Phi) is 3.71. The number of nitrogens with one attached hydrogen (secondary N) is 1. The smallest absolute Gasteiger partial charge is 0.115 e. The van der Waals surface area contributed by atoms with Crippen molar-refractivity contribution in [3.05, 3.63) is 30.3 Å². The minimum atomic E-state index is 0.322. The summed E-state index contributed by atoms with van der Waals surface area (Å²) in [5.41, 5.74) is 0. The van der Waals surface area contributed by atoms with Crippen LogP contribution in [0.1, 0.15) is 0 Å². The van der Waals surface area contributed by atoms with E-state index in [4.69, 9.17) is 5.11 Å². The van der Waals surface area contributed by atoms with E-state index < -0.39 is 0 Å². The zero-order valence-electron chi connectivity index (χ0n) is 6.77. The topological polar surface area (TPSA) is 44.6 Å². The van der Waals surface area contributed by atoms with Gasteiger partial charge in [-0.3, -0.25) is 4.99 Å². The first kappa shape index (κ1) is 8.59. The Labute approximate surface area is 71.8 Å². The van der Waals surface area contributed by atoms with Crippen molar-refractivity contribution in [2.75, 3.05) is 13.1 Å². The van der Waals surface area contributed by atoms with Crippen molar-refractivity contribution in [3.63, 3.8) is 0 Å². The summed E-state index contributed by atoms with van der Waals surface area (Å²) >= 11 is 0. The third-order valence-electron chi connectivity index (χ3n) is 1.32. The van der Waals surface area contributed by atoms with Crippen molar-refractivity contribution in [3.8, 4) is 5.75 Å². The number of hydrogen-bond acceptors (Lipinski definition) is 3. The van der Waals surface area contributed by atoms with Gasteiger partial charge in [-0.1, -0.05) is 18.2 Å². The number of para-hydroxylation sites is 1. The Morgan fingerprint density at radius 3 is 2.25 bits per heavy atom. The van der Waals surface area contributed by atoms with Crippen LogP contribution in [0.2, 0.25) is 0 Å². The molecule has 0 aliphatic carbocycles. The molecule has 0 unspecified atom stereocenters. The number of phenolic OH excluding ortho intramolecular Hbond substituents is 1. The quantitative estimate of drug-likeness (QED) is 0.601. The number of aliphatic imine (C=N–C) groups is 1. The molecule has 0 aromatic heterocycles. The van der Waals surface area contributed by atoms with Crippen molar-refractivity contribution in [2.45, 2.75) is 0 Å². The van der Waals surface area contributed by atoms with Gasteiger partial charge in [-0.25, -0.2) is 0 Å². The summed E-state index contributed by atoms with van der Waals surface area (Å²) in [5, 5.41) is 11.6. The first-order valence-electron chi connectivity index (χ1n) is 3.85. The van der Waals surface area contributed by atoms with E-state index in [2.05, 4.69) is 10.3 Å². The molecule has 0 saturated carbocycles. The summed E-state index contributed by atoms with van der Waals surface area (Å²) in [6.07, 6.45) is 1.74. The summed E-state index contributed by atoms with van der Waals surface area (Å²) in [4.78, 5) is 3.85. The standard InChI is InChI=1S/C6H6O.C3H6N2/c7-6-4-2-1-3-5-6;1-2-5-3-4-1/h1-5,7H;3H,1-2H2,(H,4,5). The Balaban J connectivity index is 0.000000127. The molecule has 1 aromatic rings. The number of rotatable bonds is 0. The predicted octanol–water partition coefficient (Wildman–Crippen LogP) is 1.01. The van der Waals surface area contributed by atoms with Crippen LogP contribution in [-0.4, -0.2) is 24.5 Å². The fraction of sp³-hybridized carbons (Fsp3) is 0.222. The van der Waals surface area contributed by atoms with Gasteiger partial charge >= 0.3 is 0 Å². The maximum Gasteiger partial charge on any atom is 0.115 e. The van der Waals surface area contributed by atoms with Crippen LogP contribution in [0.25, 0.3) is 0 Å². The highest BCUT2D eigenvalue weighted by Gasteiger charge is 1.82. The van der Waals surface area contributed by atoms with Gasteiger partial charge in [0.2, 0.25) is 0 Å². The molecule has 0 amide bonds. The van der Waals surface area contributed by atoms with Crippen LogP contribution >= 0.6 is 0 Å². The lowest BCUT2D eigenvalue weighted by molar-refractivity contribution is 0.475. The molecule has 0 radical (unpaired) electrons. The molecule has 0 spiro atoms. The zero-order chi connectivity index (χ0) is 8.65. The Morgan fingerprint density at radius 2 is 2.00 bits per heavy atom. The second-order valence-electron chi connectivity index (χ2n) is 2.32. The van der Waals surface area contributed by atoms with Crippen LogP contribution in [0.15, 0.2) is 35.3 Å². The minimum absolute atomic E-state index is 0.322. The van der Waals surface area contributed by atoms with E-state index in [0.29, 0.717) is 5.75 Å². The third-order valence-corrected chi connectivity index (χ3v) is 1.32. The first-order chi connectivity index (χ1) is 5.89. The largest absolute Gasteiger partial charge is 0.508 e. The van der Waals surface area contributed by atoms with Crippen LogP contribution in [0.4, 0.5) is 0 Å². The van der Waals surface area contributed by atoms with Gasteiger partial charge in [-0.15, -0.1) is 0 Å². The highest BCUT2D eigenvalue weighted by molar-refractivity contribution is 5.56. The van der Waals surface area contributed by atoms with E-state index in [1.54, 1.807) is 30.6 Å². The SMILES string of the molecule is C1=NCCN1.Oc1ccccc1. The van der Waals surface area contributed by atoms with Crippen molar-refractivity contribution in [1.29, 1.82) is 0 Å². The Morgan fingerprint density at radius 1 is 1.25 bits per heavy atom. The number of benzene rings is 1.